The molecule has 1 aromatic heterocycles. The van der Waals surface area contributed by atoms with Crippen molar-refractivity contribution in [3.63, 3.8) is 0 Å². The molecule has 0 aliphatic carbocycles. The molecule has 2 rings (SSSR count). The number of nitrogens with zero attached hydrogens (tertiary/aromatic N) is 3. The van der Waals surface area contributed by atoms with Crippen LogP contribution < -0.4 is 5.32 Å². The van der Waals surface area contributed by atoms with E-state index in [1.807, 2.05) is 0 Å². The van der Waals surface area contributed by atoms with Gasteiger partial charge in [0.05, 0.1) is 0 Å². The molecule has 1 unspecified atom stereocenters. The number of nitrogens with one attached hydrogen (secondary N) is 1. The summed E-state index contributed by atoms with van der Waals surface area (Å²) >= 11 is 0. The lowest BCUT2D eigenvalue weighted by Gasteiger charge is -2.31. The Morgan fingerprint density at radius 3 is 3.21 bits per heavy atom. The first-order valence-electron chi connectivity index (χ1n) is 7.21. The molecule has 6 heteroatoms. The Morgan fingerprint density at radius 1 is 1.53 bits per heavy atom. The SMILES string of the molecule is CCCc1nc(NCCN2CCCC(CO)C2)no1. The van der Waals surface area contributed by atoms with Crippen LogP contribution >= 0.6 is 0 Å². The van der Waals surface area contributed by atoms with Gasteiger partial charge in [-0.3, -0.25) is 0 Å². The predicted octanol–water partition coefficient (Wildman–Crippen LogP) is 1.14. The van der Waals surface area contributed by atoms with Gasteiger partial charge in [0, 0.05) is 32.7 Å². The van der Waals surface area contributed by atoms with Crippen molar-refractivity contribution in [2.45, 2.75) is 32.6 Å². The van der Waals surface area contributed by atoms with Crippen LogP contribution in [0.15, 0.2) is 4.52 Å². The van der Waals surface area contributed by atoms with Crippen molar-refractivity contribution in [1.82, 2.24) is 15.0 Å². The average molecular weight is 268 g/mol. The summed E-state index contributed by atoms with van der Waals surface area (Å²) in [6, 6.07) is 0. The van der Waals surface area contributed by atoms with Crippen molar-refractivity contribution in [2.75, 3.05) is 38.1 Å². The molecule has 1 aromatic rings. The van der Waals surface area contributed by atoms with Gasteiger partial charge in [0.2, 0.25) is 5.89 Å². The zero-order valence-corrected chi connectivity index (χ0v) is 11.6. The Bertz CT molecular complexity index is 369. The van der Waals surface area contributed by atoms with Crippen molar-refractivity contribution >= 4 is 5.95 Å². The molecule has 1 fully saturated rings. The van der Waals surface area contributed by atoms with Gasteiger partial charge in [0.1, 0.15) is 0 Å². The van der Waals surface area contributed by atoms with Crippen LogP contribution in [0.4, 0.5) is 5.95 Å². The highest BCUT2D eigenvalue weighted by Gasteiger charge is 2.18. The van der Waals surface area contributed by atoms with E-state index in [-0.39, 0.29) is 0 Å². The molecule has 1 aliphatic rings. The van der Waals surface area contributed by atoms with E-state index in [9.17, 15) is 5.11 Å². The smallest absolute Gasteiger partial charge is 0.263 e. The van der Waals surface area contributed by atoms with Crippen LogP contribution in [0.3, 0.4) is 0 Å². The summed E-state index contributed by atoms with van der Waals surface area (Å²) in [5.41, 5.74) is 0. The lowest BCUT2D eigenvalue weighted by atomic mass is 9.99. The van der Waals surface area contributed by atoms with E-state index < -0.39 is 0 Å². The number of piperidine rings is 1. The maximum Gasteiger partial charge on any atom is 0.263 e. The first kappa shape index (κ1) is 14.3. The molecular weight excluding hydrogens is 244 g/mol. The van der Waals surface area contributed by atoms with Gasteiger partial charge in [-0.25, -0.2) is 0 Å². The first-order chi connectivity index (χ1) is 9.31. The molecule has 0 radical (unpaired) electrons. The standard InChI is InChI=1S/C13H24N4O2/c1-2-4-12-15-13(16-19-12)14-6-8-17-7-3-5-11(9-17)10-18/h11,18H,2-10H2,1H3,(H,14,16). The normalized spacial score (nSPS) is 20.6. The van der Waals surface area contributed by atoms with Crippen molar-refractivity contribution in [1.29, 1.82) is 0 Å². The second-order valence-electron chi connectivity index (χ2n) is 5.18. The molecule has 108 valence electrons. The van der Waals surface area contributed by atoms with E-state index in [1.165, 1.54) is 6.42 Å². The second-order valence-corrected chi connectivity index (χ2v) is 5.18. The number of hydrogen-bond donors (Lipinski definition) is 2. The minimum absolute atomic E-state index is 0.301. The third-order valence-corrected chi connectivity index (χ3v) is 3.50. The number of aromatic nitrogens is 2. The number of anilines is 1. The van der Waals surface area contributed by atoms with E-state index in [1.54, 1.807) is 0 Å². The van der Waals surface area contributed by atoms with Crippen molar-refractivity contribution in [3.8, 4) is 0 Å². The Balaban J connectivity index is 1.67. The fourth-order valence-electron chi connectivity index (χ4n) is 2.47. The molecule has 0 aromatic carbocycles. The molecule has 2 N–H and O–H groups in total. The summed E-state index contributed by atoms with van der Waals surface area (Å²) in [7, 11) is 0. The molecular formula is C13H24N4O2. The van der Waals surface area contributed by atoms with Gasteiger partial charge in [0.15, 0.2) is 0 Å². The van der Waals surface area contributed by atoms with Crippen LogP contribution in [0.5, 0.6) is 0 Å². The van der Waals surface area contributed by atoms with E-state index in [4.69, 9.17) is 4.52 Å². The zero-order chi connectivity index (χ0) is 13.5. The number of rotatable bonds is 7. The highest BCUT2D eigenvalue weighted by atomic mass is 16.5. The van der Waals surface area contributed by atoms with Gasteiger partial charge in [-0.1, -0.05) is 6.92 Å². The molecule has 0 saturated carbocycles. The van der Waals surface area contributed by atoms with E-state index in [0.29, 0.717) is 24.4 Å². The van der Waals surface area contributed by atoms with E-state index in [0.717, 1.165) is 45.4 Å². The van der Waals surface area contributed by atoms with Gasteiger partial charge >= 0.3 is 0 Å². The largest absolute Gasteiger partial charge is 0.396 e. The van der Waals surface area contributed by atoms with Crippen LogP contribution in [0.2, 0.25) is 0 Å². The van der Waals surface area contributed by atoms with Gasteiger partial charge in [-0.05, 0) is 36.9 Å². The van der Waals surface area contributed by atoms with Crippen LogP contribution in [0, 0.1) is 5.92 Å². The maximum absolute atomic E-state index is 9.19. The van der Waals surface area contributed by atoms with Gasteiger partial charge < -0.3 is 19.8 Å². The lowest BCUT2D eigenvalue weighted by molar-refractivity contribution is 0.123. The number of hydrogen-bond acceptors (Lipinski definition) is 6. The summed E-state index contributed by atoms with van der Waals surface area (Å²) in [6.07, 6.45) is 4.16. The Labute approximate surface area is 114 Å². The quantitative estimate of drug-likeness (QED) is 0.772. The molecule has 1 aliphatic heterocycles. The summed E-state index contributed by atoms with van der Waals surface area (Å²) < 4.78 is 5.11. The molecule has 0 amide bonds. The number of likely N-dealkylation sites (tertiary alicyclic amines) is 1. The van der Waals surface area contributed by atoms with Crippen molar-refractivity contribution in [2.24, 2.45) is 5.92 Å². The molecule has 1 saturated heterocycles. The van der Waals surface area contributed by atoms with Crippen LogP contribution in [0.1, 0.15) is 32.1 Å². The third-order valence-electron chi connectivity index (χ3n) is 3.50. The van der Waals surface area contributed by atoms with Crippen LogP contribution in [-0.2, 0) is 6.42 Å². The molecule has 19 heavy (non-hydrogen) atoms. The van der Waals surface area contributed by atoms with Crippen LogP contribution in [-0.4, -0.2) is 52.9 Å². The minimum atomic E-state index is 0.301. The van der Waals surface area contributed by atoms with Crippen LogP contribution in [0.25, 0.3) is 0 Å². The Morgan fingerprint density at radius 2 is 2.42 bits per heavy atom. The molecule has 0 spiro atoms. The summed E-state index contributed by atoms with van der Waals surface area (Å²) in [5, 5.41) is 16.3. The minimum Gasteiger partial charge on any atom is -0.396 e. The molecule has 2 heterocycles. The van der Waals surface area contributed by atoms with Gasteiger partial charge in [-0.15, -0.1) is 0 Å². The highest BCUT2D eigenvalue weighted by molar-refractivity contribution is 5.20. The number of aryl methyl sites for hydroxylation is 1. The van der Waals surface area contributed by atoms with Gasteiger partial charge in [-0.2, -0.15) is 4.98 Å². The number of aliphatic hydroxyl groups excluding tert-OH is 1. The summed E-state index contributed by atoms with van der Waals surface area (Å²) in [6.45, 7) is 6.26. The highest BCUT2D eigenvalue weighted by Crippen LogP contribution is 2.15. The van der Waals surface area contributed by atoms with Gasteiger partial charge in [0.25, 0.3) is 5.95 Å². The Hall–Kier alpha value is -1.14. The first-order valence-corrected chi connectivity index (χ1v) is 7.21. The monoisotopic (exact) mass is 268 g/mol. The van der Waals surface area contributed by atoms with Crippen molar-refractivity contribution < 1.29 is 9.63 Å². The average Bonchev–Trinajstić information content (AvgIpc) is 2.87. The molecule has 0 bridgehead atoms. The van der Waals surface area contributed by atoms with E-state index in [2.05, 4.69) is 27.3 Å². The number of aliphatic hydroxyl groups is 1. The van der Waals surface area contributed by atoms with E-state index >= 15 is 0 Å². The molecule has 1 atom stereocenters. The summed E-state index contributed by atoms with van der Waals surface area (Å²) in [5.74, 6) is 1.72. The van der Waals surface area contributed by atoms with Crippen molar-refractivity contribution in [3.05, 3.63) is 5.89 Å². The predicted molar refractivity (Wildman–Crippen MR) is 73.0 cm³/mol. The summed E-state index contributed by atoms with van der Waals surface area (Å²) in [4.78, 5) is 6.65. The maximum atomic E-state index is 9.19. The topological polar surface area (TPSA) is 74.4 Å². The third kappa shape index (κ3) is 4.47. The molecule has 6 nitrogen and oxygen atoms in total. The Kier molecular flexibility index (Phi) is 5.60. The fourth-order valence-corrected chi connectivity index (χ4v) is 2.47. The fraction of sp³-hybridized carbons (Fsp3) is 0.846. The zero-order valence-electron chi connectivity index (χ0n) is 11.6. The lowest BCUT2D eigenvalue weighted by Crippen LogP contribution is -2.39. The second kappa shape index (κ2) is 7.45.